The summed E-state index contributed by atoms with van der Waals surface area (Å²) >= 11 is 0. The molecule has 2 aliphatic rings. The number of amides is 1. The summed E-state index contributed by atoms with van der Waals surface area (Å²) < 4.78 is 10.3. The summed E-state index contributed by atoms with van der Waals surface area (Å²) in [6.45, 7) is 2.11. The molecule has 6 heteroatoms. The maximum atomic E-state index is 10.8. The van der Waals surface area contributed by atoms with Gasteiger partial charge in [-0.25, -0.2) is 0 Å². The van der Waals surface area contributed by atoms with Crippen LogP contribution in [0.3, 0.4) is 0 Å². The van der Waals surface area contributed by atoms with E-state index in [1.807, 2.05) is 0 Å². The van der Waals surface area contributed by atoms with E-state index in [0.717, 1.165) is 0 Å². The molecule has 2 aliphatic heterocycles. The van der Waals surface area contributed by atoms with E-state index in [0.29, 0.717) is 6.61 Å². The van der Waals surface area contributed by atoms with Crippen LogP contribution in [0.2, 0.25) is 0 Å². The van der Waals surface area contributed by atoms with E-state index in [-0.39, 0.29) is 18.6 Å². The Morgan fingerprint density at radius 1 is 1.27 bits per heavy atom. The van der Waals surface area contributed by atoms with Gasteiger partial charge in [0.15, 0.2) is 0 Å². The molecule has 2 saturated heterocycles. The minimum absolute atomic E-state index is 0.118. The molecule has 0 bridgehead atoms. The Hall–Kier alpha value is -0.690. The Bertz CT molecular complexity index is 255. The molecule has 0 saturated carbocycles. The highest BCUT2D eigenvalue weighted by atomic mass is 16.6. The molecule has 0 radical (unpaired) electrons. The Morgan fingerprint density at radius 3 is 2.47 bits per heavy atom. The predicted molar refractivity (Wildman–Crippen MR) is 49.1 cm³/mol. The average Bonchev–Trinajstić information content (AvgIpc) is 2.96. The molecule has 2 rings (SSSR count). The number of hydrogen-bond acceptors (Lipinski definition) is 5. The molecule has 0 aromatic rings. The first-order chi connectivity index (χ1) is 7.09. The van der Waals surface area contributed by atoms with E-state index in [4.69, 9.17) is 9.47 Å². The third kappa shape index (κ3) is 2.28. The summed E-state index contributed by atoms with van der Waals surface area (Å²) in [6, 6.07) is -0.549. The number of carbonyl (C=O) groups is 1. The Kier molecular flexibility index (Phi) is 2.92. The van der Waals surface area contributed by atoms with Crippen LogP contribution in [-0.2, 0) is 14.3 Å². The van der Waals surface area contributed by atoms with Gasteiger partial charge in [0.2, 0.25) is 5.91 Å². The molecular formula is C9H15NO5. The highest BCUT2D eigenvalue weighted by Gasteiger charge is 2.46. The molecule has 3 N–H and O–H groups in total. The first-order valence-electron chi connectivity index (χ1n) is 4.96. The molecule has 0 aliphatic carbocycles. The van der Waals surface area contributed by atoms with Crippen molar-refractivity contribution in [1.82, 2.24) is 5.32 Å². The summed E-state index contributed by atoms with van der Waals surface area (Å²) in [5.41, 5.74) is 0. The monoisotopic (exact) mass is 217 g/mol. The van der Waals surface area contributed by atoms with Crippen LogP contribution in [0.4, 0.5) is 0 Å². The van der Waals surface area contributed by atoms with Gasteiger partial charge in [0, 0.05) is 6.92 Å². The number of epoxide rings is 1. The van der Waals surface area contributed by atoms with Crippen molar-refractivity contribution in [2.24, 2.45) is 0 Å². The van der Waals surface area contributed by atoms with Gasteiger partial charge in [-0.15, -0.1) is 0 Å². The lowest BCUT2D eigenvalue weighted by Crippen LogP contribution is -2.60. The van der Waals surface area contributed by atoms with Gasteiger partial charge in [0.1, 0.15) is 24.4 Å². The van der Waals surface area contributed by atoms with Gasteiger partial charge in [-0.05, 0) is 0 Å². The molecule has 0 aromatic carbocycles. The number of rotatable bonds is 2. The number of ether oxygens (including phenoxy) is 2. The van der Waals surface area contributed by atoms with E-state index in [1.54, 1.807) is 0 Å². The zero-order valence-electron chi connectivity index (χ0n) is 8.42. The van der Waals surface area contributed by atoms with E-state index < -0.39 is 24.4 Å². The molecule has 15 heavy (non-hydrogen) atoms. The van der Waals surface area contributed by atoms with Crippen molar-refractivity contribution in [3.05, 3.63) is 0 Å². The van der Waals surface area contributed by atoms with Crippen LogP contribution in [-0.4, -0.2) is 59.8 Å². The third-order valence-corrected chi connectivity index (χ3v) is 2.68. The van der Waals surface area contributed by atoms with Crippen molar-refractivity contribution < 1.29 is 24.5 Å². The second-order valence-corrected chi connectivity index (χ2v) is 3.96. The van der Waals surface area contributed by atoms with Crippen LogP contribution in [0.15, 0.2) is 0 Å². The van der Waals surface area contributed by atoms with E-state index in [1.165, 1.54) is 6.92 Å². The lowest BCUT2D eigenvalue weighted by molar-refractivity contribution is -0.159. The number of hydrogen-bond donors (Lipinski definition) is 3. The smallest absolute Gasteiger partial charge is 0.217 e. The zero-order chi connectivity index (χ0) is 11.0. The summed E-state index contributed by atoms with van der Waals surface area (Å²) in [7, 11) is 0. The van der Waals surface area contributed by atoms with Gasteiger partial charge in [-0.3, -0.25) is 4.79 Å². The largest absolute Gasteiger partial charge is 0.388 e. The molecule has 5 atom stereocenters. The van der Waals surface area contributed by atoms with Crippen molar-refractivity contribution in [3.63, 3.8) is 0 Å². The molecule has 86 valence electrons. The zero-order valence-corrected chi connectivity index (χ0v) is 8.42. The normalized spacial score (nSPS) is 44.9. The molecular weight excluding hydrogens is 202 g/mol. The summed E-state index contributed by atoms with van der Waals surface area (Å²) in [6.07, 6.45) is -2.61. The van der Waals surface area contributed by atoms with Crippen molar-refractivity contribution in [2.75, 3.05) is 13.2 Å². The Balaban J connectivity index is 1.94. The van der Waals surface area contributed by atoms with Crippen LogP contribution in [0.1, 0.15) is 6.92 Å². The fourth-order valence-electron chi connectivity index (χ4n) is 1.80. The second-order valence-electron chi connectivity index (χ2n) is 3.96. The topological polar surface area (TPSA) is 91.3 Å². The number of nitrogens with one attached hydrogen (secondary N) is 1. The quantitative estimate of drug-likeness (QED) is 0.466. The van der Waals surface area contributed by atoms with Crippen molar-refractivity contribution >= 4 is 5.91 Å². The SMILES string of the molecule is CC(=O)N[C@H]1CO[C@H]([C@H]2CO2)[C@@H](O)[C@@H]1O. The standard InChI is InChI=1S/C9H15NO5/c1-4(11)10-5-2-15-9(6-3-14-6)8(13)7(5)12/h5-9,12-13H,2-3H2,1H3,(H,10,11)/t5-,6+,7+,8-,9+/m0/s1. The van der Waals surface area contributed by atoms with Crippen LogP contribution < -0.4 is 5.32 Å². The van der Waals surface area contributed by atoms with E-state index in [9.17, 15) is 15.0 Å². The Labute approximate surface area is 87.2 Å². The number of aliphatic hydroxyl groups is 2. The molecule has 6 nitrogen and oxygen atoms in total. The summed E-state index contributed by atoms with van der Waals surface area (Å²) in [5, 5.41) is 22.0. The highest BCUT2D eigenvalue weighted by Crippen LogP contribution is 2.26. The fourth-order valence-corrected chi connectivity index (χ4v) is 1.80. The molecule has 0 spiro atoms. The first-order valence-corrected chi connectivity index (χ1v) is 4.96. The summed E-state index contributed by atoms with van der Waals surface area (Å²) in [5.74, 6) is -0.254. The fraction of sp³-hybridized carbons (Fsp3) is 0.889. The molecule has 2 heterocycles. The minimum atomic E-state index is -1.01. The van der Waals surface area contributed by atoms with E-state index in [2.05, 4.69) is 5.32 Å². The van der Waals surface area contributed by atoms with Crippen LogP contribution in [0.25, 0.3) is 0 Å². The maximum absolute atomic E-state index is 10.8. The van der Waals surface area contributed by atoms with Gasteiger partial charge < -0.3 is 25.0 Å². The Morgan fingerprint density at radius 2 is 1.93 bits per heavy atom. The number of carbonyl (C=O) groups excluding carboxylic acids is 1. The van der Waals surface area contributed by atoms with Crippen molar-refractivity contribution in [1.29, 1.82) is 0 Å². The lowest BCUT2D eigenvalue weighted by Gasteiger charge is -2.37. The highest BCUT2D eigenvalue weighted by molar-refractivity contribution is 5.73. The summed E-state index contributed by atoms with van der Waals surface area (Å²) in [4.78, 5) is 10.8. The first kappa shape index (κ1) is 10.8. The van der Waals surface area contributed by atoms with Gasteiger partial charge in [-0.2, -0.15) is 0 Å². The molecule has 0 aromatic heterocycles. The lowest BCUT2D eigenvalue weighted by atomic mass is 9.96. The van der Waals surface area contributed by atoms with Crippen molar-refractivity contribution in [2.45, 2.75) is 37.4 Å². The van der Waals surface area contributed by atoms with Crippen LogP contribution >= 0.6 is 0 Å². The minimum Gasteiger partial charge on any atom is -0.388 e. The van der Waals surface area contributed by atoms with E-state index >= 15 is 0 Å². The van der Waals surface area contributed by atoms with Crippen molar-refractivity contribution in [3.8, 4) is 0 Å². The maximum Gasteiger partial charge on any atom is 0.217 e. The second kappa shape index (κ2) is 4.05. The van der Waals surface area contributed by atoms with Gasteiger partial charge in [-0.1, -0.05) is 0 Å². The molecule has 0 unspecified atom stereocenters. The molecule has 2 fully saturated rings. The van der Waals surface area contributed by atoms with Gasteiger partial charge >= 0.3 is 0 Å². The van der Waals surface area contributed by atoms with Gasteiger partial charge in [0.05, 0.1) is 19.3 Å². The predicted octanol–water partition coefficient (Wildman–Crippen LogP) is -1.99. The number of aliphatic hydroxyl groups excluding tert-OH is 2. The van der Waals surface area contributed by atoms with Crippen LogP contribution in [0.5, 0.6) is 0 Å². The average molecular weight is 217 g/mol. The van der Waals surface area contributed by atoms with Crippen LogP contribution in [0, 0.1) is 0 Å². The molecule has 1 amide bonds. The van der Waals surface area contributed by atoms with Gasteiger partial charge in [0.25, 0.3) is 0 Å². The third-order valence-electron chi connectivity index (χ3n) is 2.68.